The molecule has 1 aliphatic heterocycles. The first-order valence-electron chi connectivity index (χ1n) is 6.83. The summed E-state index contributed by atoms with van der Waals surface area (Å²) in [5.74, 6) is 1.59. The van der Waals surface area contributed by atoms with E-state index >= 15 is 0 Å². The molecule has 104 valence electrons. The third kappa shape index (κ3) is 2.61. The monoisotopic (exact) mass is 288 g/mol. The van der Waals surface area contributed by atoms with Crippen molar-refractivity contribution in [2.24, 2.45) is 0 Å². The van der Waals surface area contributed by atoms with Crippen molar-refractivity contribution in [3.05, 3.63) is 59.2 Å². The Hall–Kier alpha value is -1.67. The Morgan fingerprint density at radius 2 is 1.85 bits per heavy atom. The molecular formula is C17H17ClO2. The molecule has 0 amide bonds. The maximum Gasteiger partial charge on any atom is 0.166 e. The summed E-state index contributed by atoms with van der Waals surface area (Å²) in [4.78, 5) is 0. The van der Waals surface area contributed by atoms with Crippen LogP contribution in [0.4, 0.5) is 0 Å². The van der Waals surface area contributed by atoms with Gasteiger partial charge in [0.1, 0.15) is 13.2 Å². The van der Waals surface area contributed by atoms with Crippen molar-refractivity contribution < 1.29 is 9.47 Å². The highest BCUT2D eigenvalue weighted by molar-refractivity contribution is 6.21. The second-order valence-electron chi connectivity index (χ2n) is 4.97. The van der Waals surface area contributed by atoms with Crippen LogP contribution >= 0.6 is 11.6 Å². The van der Waals surface area contributed by atoms with Crippen molar-refractivity contribution in [3.63, 3.8) is 0 Å². The predicted octanol–water partition coefficient (Wildman–Crippen LogP) is 4.29. The minimum atomic E-state index is -0.118. The van der Waals surface area contributed by atoms with E-state index < -0.39 is 0 Å². The molecule has 0 aromatic heterocycles. The number of ether oxygens (including phenoxy) is 2. The average Bonchev–Trinajstić information content (AvgIpc) is 2.49. The molecule has 2 aromatic rings. The molecule has 1 atom stereocenters. The van der Waals surface area contributed by atoms with Gasteiger partial charge in [-0.15, -0.1) is 11.6 Å². The third-order valence-electron chi connectivity index (χ3n) is 3.59. The summed E-state index contributed by atoms with van der Waals surface area (Å²) in [5.41, 5.74) is 3.54. The third-order valence-corrected chi connectivity index (χ3v) is 3.98. The highest BCUT2D eigenvalue weighted by atomic mass is 35.5. The summed E-state index contributed by atoms with van der Waals surface area (Å²) in [5, 5.41) is -0.118. The molecule has 3 heteroatoms. The number of benzene rings is 2. The van der Waals surface area contributed by atoms with Crippen LogP contribution in [-0.2, 0) is 6.42 Å². The number of alkyl halides is 1. The van der Waals surface area contributed by atoms with Crippen LogP contribution in [0.15, 0.2) is 42.5 Å². The first-order chi connectivity index (χ1) is 9.75. The van der Waals surface area contributed by atoms with Gasteiger partial charge in [0.25, 0.3) is 0 Å². The van der Waals surface area contributed by atoms with E-state index in [-0.39, 0.29) is 5.38 Å². The van der Waals surface area contributed by atoms with Crippen LogP contribution in [0.1, 0.15) is 22.1 Å². The fourth-order valence-electron chi connectivity index (χ4n) is 2.49. The standard InChI is InChI=1S/C17H17ClO2/c1-12-5-2-3-6-13(12)11-15(18)14-7-4-8-16-17(14)20-10-9-19-16/h2-8,15H,9-11H2,1H3. The Labute approximate surface area is 124 Å². The Balaban J connectivity index is 1.88. The fourth-order valence-corrected chi connectivity index (χ4v) is 2.82. The summed E-state index contributed by atoms with van der Waals surface area (Å²) in [6, 6.07) is 14.2. The summed E-state index contributed by atoms with van der Waals surface area (Å²) in [6.07, 6.45) is 0.786. The van der Waals surface area contributed by atoms with E-state index in [1.807, 2.05) is 30.3 Å². The van der Waals surface area contributed by atoms with Gasteiger partial charge in [-0.25, -0.2) is 0 Å². The lowest BCUT2D eigenvalue weighted by Crippen LogP contribution is -2.17. The number of fused-ring (bicyclic) bond motifs is 1. The normalized spacial score (nSPS) is 14.9. The quantitative estimate of drug-likeness (QED) is 0.785. The molecule has 0 radical (unpaired) electrons. The van der Waals surface area contributed by atoms with Crippen LogP contribution in [0, 0.1) is 6.92 Å². The van der Waals surface area contributed by atoms with Gasteiger partial charge in [0.05, 0.1) is 5.38 Å². The molecule has 0 saturated heterocycles. The van der Waals surface area contributed by atoms with E-state index in [2.05, 4.69) is 19.1 Å². The topological polar surface area (TPSA) is 18.5 Å². The van der Waals surface area contributed by atoms with Crippen LogP contribution in [0.25, 0.3) is 0 Å². The molecule has 0 aliphatic carbocycles. The first-order valence-corrected chi connectivity index (χ1v) is 7.26. The molecule has 0 saturated carbocycles. The van der Waals surface area contributed by atoms with Gasteiger partial charge in [-0.05, 0) is 30.5 Å². The van der Waals surface area contributed by atoms with Gasteiger partial charge in [0.2, 0.25) is 0 Å². The van der Waals surface area contributed by atoms with Gasteiger partial charge >= 0.3 is 0 Å². The van der Waals surface area contributed by atoms with Crippen molar-refractivity contribution in [3.8, 4) is 11.5 Å². The molecule has 0 spiro atoms. The predicted molar refractivity (Wildman–Crippen MR) is 80.9 cm³/mol. The van der Waals surface area contributed by atoms with Crippen molar-refractivity contribution in [2.75, 3.05) is 13.2 Å². The molecule has 0 fully saturated rings. The van der Waals surface area contributed by atoms with Gasteiger partial charge in [0, 0.05) is 5.56 Å². The number of hydrogen-bond acceptors (Lipinski definition) is 2. The molecule has 1 heterocycles. The average molecular weight is 289 g/mol. The lowest BCUT2D eigenvalue weighted by atomic mass is 9.99. The molecule has 20 heavy (non-hydrogen) atoms. The SMILES string of the molecule is Cc1ccccc1CC(Cl)c1cccc2c1OCCO2. The van der Waals surface area contributed by atoms with Crippen molar-refractivity contribution in [1.82, 2.24) is 0 Å². The Morgan fingerprint density at radius 3 is 2.70 bits per heavy atom. The van der Waals surface area contributed by atoms with E-state index in [1.54, 1.807) is 0 Å². The zero-order valence-electron chi connectivity index (χ0n) is 11.4. The summed E-state index contributed by atoms with van der Waals surface area (Å²) in [6.45, 7) is 3.29. The number of hydrogen-bond donors (Lipinski definition) is 0. The summed E-state index contributed by atoms with van der Waals surface area (Å²) >= 11 is 6.61. The Kier molecular flexibility index (Phi) is 3.83. The van der Waals surface area contributed by atoms with E-state index in [4.69, 9.17) is 21.1 Å². The van der Waals surface area contributed by atoms with E-state index in [1.165, 1.54) is 11.1 Å². The number of rotatable bonds is 3. The van der Waals surface area contributed by atoms with Gasteiger partial charge in [-0.3, -0.25) is 0 Å². The van der Waals surface area contributed by atoms with Crippen LogP contribution in [0.3, 0.4) is 0 Å². The minimum Gasteiger partial charge on any atom is -0.486 e. The van der Waals surface area contributed by atoms with Crippen LogP contribution in [0.2, 0.25) is 0 Å². The molecule has 2 nitrogen and oxygen atoms in total. The fraction of sp³-hybridized carbons (Fsp3) is 0.294. The van der Waals surface area contributed by atoms with E-state index in [0.717, 1.165) is 23.5 Å². The molecule has 0 bridgehead atoms. The number of halogens is 1. The zero-order chi connectivity index (χ0) is 13.9. The van der Waals surface area contributed by atoms with Crippen molar-refractivity contribution in [2.45, 2.75) is 18.7 Å². The zero-order valence-corrected chi connectivity index (χ0v) is 12.2. The van der Waals surface area contributed by atoms with E-state index in [9.17, 15) is 0 Å². The van der Waals surface area contributed by atoms with E-state index in [0.29, 0.717) is 13.2 Å². The second-order valence-corrected chi connectivity index (χ2v) is 5.50. The van der Waals surface area contributed by atoms with Gasteiger partial charge in [0.15, 0.2) is 11.5 Å². The van der Waals surface area contributed by atoms with Gasteiger partial charge < -0.3 is 9.47 Å². The maximum absolute atomic E-state index is 6.61. The first kappa shape index (κ1) is 13.3. The van der Waals surface area contributed by atoms with Crippen LogP contribution in [0.5, 0.6) is 11.5 Å². The van der Waals surface area contributed by atoms with Crippen molar-refractivity contribution in [1.29, 1.82) is 0 Å². The molecule has 3 rings (SSSR count). The minimum absolute atomic E-state index is 0.118. The molecule has 0 N–H and O–H groups in total. The summed E-state index contributed by atoms with van der Waals surface area (Å²) in [7, 11) is 0. The Bertz CT molecular complexity index is 610. The number of para-hydroxylation sites is 1. The van der Waals surface area contributed by atoms with Gasteiger partial charge in [-0.2, -0.15) is 0 Å². The molecule has 1 unspecified atom stereocenters. The highest BCUT2D eigenvalue weighted by Gasteiger charge is 2.21. The smallest absolute Gasteiger partial charge is 0.166 e. The van der Waals surface area contributed by atoms with Crippen molar-refractivity contribution >= 4 is 11.6 Å². The van der Waals surface area contributed by atoms with Gasteiger partial charge in [-0.1, -0.05) is 36.4 Å². The lowest BCUT2D eigenvalue weighted by molar-refractivity contribution is 0.170. The second kappa shape index (κ2) is 5.76. The Morgan fingerprint density at radius 1 is 1.05 bits per heavy atom. The molecule has 1 aliphatic rings. The van der Waals surface area contributed by atoms with Crippen LogP contribution in [-0.4, -0.2) is 13.2 Å². The molecular weight excluding hydrogens is 272 g/mol. The maximum atomic E-state index is 6.61. The highest BCUT2D eigenvalue weighted by Crippen LogP contribution is 2.40. The lowest BCUT2D eigenvalue weighted by Gasteiger charge is -2.23. The molecule has 2 aromatic carbocycles. The number of aryl methyl sites for hydroxylation is 1. The largest absolute Gasteiger partial charge is 0.486 e. The van der Waals surface area contributed by atoms with Crippen LogP contribution < -0.4 is 9.47 Å². The summed E-state index contributed by atoms with van der Waals surface area (Å²) < 4.78 is 11.3.